The van der Waals surface area contributed by atoms with E-state index in [-0.39, 0.29) is 35.6 Å². The average molecular weight is 531 g/mol. The number of amides is 3. The highest BCUT2D eigenvalue weighted by Gasteiger charge is 2.53. The van der Waals surface area contributed by atoms with E-state index in [1.165, 1.54) is 17.2 Å². The van der Waals surface area contributed by atoms with Crippen LogP contribution in [0.5, 0.6) is 0 Å². The number of hydrogen-bond donors (Lipinski definition) is 3. The van der Waals surface area contributed by atoms with E-state index in [1.807, 2.05) is 4.90 Å². The van der Waals surface area contributed by atoms with Gasteiger partial charge in [-0.05, 0) is 43.9 Å². The van der Waals surface area contributed by atoms with Crippen LogP contribution in [0.4, 0.5) is 19.4 Å². The molecule has 2 aromatic rings. The summed E-state index contributed by atoms with van der Waals surface area (Å²) < 4.78 is 30.7. The number of fused-ring (bicyclic) bond motifs is 1. The molecule has 0 radical (unpaired) electrons. The standard InChI is InChI=1S/C25H32F2N8O3/c1-25(2,29)22(36)33-5-7-34(8-6-33)23(37)30-20-3-4-35(24(38)31-20)14-9-18(26)17(19(27)10-14)13-32-11-15-16(12-32)21(15)28/h3-4,9-10,15-16,21H,5-8,11-13,28-29H2,1-2H3,(H,30,31,37,38)/t15-,16?,21?/m1/s1. The molecule has 5 N–H and O–H groups in total. The summed E-state index contributed by atoms with van der Waals surface area (Å²) in [6, 6.07) is 3.30. The zero-order valence-corrected chi connectivity index (χ0v) is 21.4. The lowest BCUT2D eigenvalue weighted by Crippen LogP contribution is -2.58. The van der Waals surface area contributed by atoms with Gasteiger partial charge in [0.15, 0.2) is 0 Å². The number of carbonyl (C=O) groups excluding carboxylic acids is 2. The number of hydrogen-bond acceptors (Lipinski definition) is 7. The number of likely N-dealkylation sites (tertiary alicyclic amines) is 1. The number of halogens is 2. The third kappa shape index (κ3) is 5.13. The fourth-order valence-corrected chi connectivity index (χ4v) is 5.27. The number of carbonyl (C=O) groups is 2. The Morgan fingerprint density at radius 3 is 2.21 bits per heavy atom. The monoisotopic (exact) mass is 530 g/mol. The molecule has 0 spiro atoms. The molecule has 1 aromatic heterocycles. The first kappa shape index (κ1) is 26.2. The van der Waals surface area contributed by atoms with Crippen molar-refractivity contribution in [1.82, 2.24) is 24.3 Å². The molecule has 5 rings (SSSR count). The third-order valence-electron chi connectivity index (χ3n) is 7.57. The number of nitrogens with zero attached hydrogens (tertiary/aromatic N) is 5. The molecule has 3 amide bonds. The van der Waals surface area contributed by atoms with Crippen molar-refractivity contribution in [3.63, 3.8) is 0 Å². The van der Waals surface area contributed by atoms with Crippen molar-refractivity contribution in [3.8, 4) is 5.69 Å². The van der Waals surface area contributed by atoms with Gasteiger partial charge in [0.1, 0.15) is 17.5 Å². The number of rotatable bonds is 5. The minimum absolute atomic E-state index is 0.00113. The van der Waals surface area contributed by atoms with E-state index in [4.69, 9.17) is 11.5 Å². The zero-order chi connectivity index (χ0) is 27.4. The Bertz CT molecular complexity index is 1280. The predicted molar refractivity (Wildman–Crippen MR) is 135 cm³/mol. The molecule has 1 aromatic carbocycles. The molecule has 3 aliphatic rings. The first-order valence-corrected chi connectivity index (χ1v) is 12.6. The lowest BCUT2D eigenvalue weighted by Gasteiger charge is -2.37. The first-order chi connectivity index (χ1) is 17.9. The van der Waals surface area contributed by atoms with Crippen LogP contribution in [0.15, 0.2) is 29.2 Å². The van der Waals surface area contributed by atoms with Gasteiger partial charge >= 0.3 is 11.7 Å². The lowest BCUT2D eigenvalue weighted by atomic mass is 10.1. The van der Waals surface area contributed by atoms with Gasteiger partial charge in [0.2, 0.25) is 5.91 Å². The number of aromatic nitrogens is 2. The van der Waals surface area contributed by atoms with Crippen molar-refractivity contribution in [1.29, 1.82) is 0 Å². The van der Waals surface area contributed by atoms with Crippen molar-refractivity contribution in [2.24, 2.45) is 23.3 Å². The summed E-state index contributed by atoms with van der Waals surface area (Å²) in [5.41, 5.74) is 9.95. The number of piperazine rings is 1. The topological polar surface area (TPSA) is 143 Å². The van der Waals surface area contributed by atoms with Crippen LogP contribution in [-0.2, 0) is 11.3 Å². The van der Waals surface area contributed by atoms with Crippen LogP contribution < -0.4 is 22.5 Å². The number of nitrogens with one attached hydrogen (secondary N) is 1. The summed E-state index contributed by atoms with van der Waals surface area (Å²) in [6.45, 7) is 6.11. The smallest absolute Gasteiger partial charge is 0.338 e. The molecular weight excluding hydrogens is 498 g/mol. The molecule has 204 valence electrons. The van der Waals surface area contributed by atoms with Gasteiger partial charge in [-0.3, -0.25) is 19.6 Å². The lowest BCUT2D eigenvalue weighted by molar-refractivity contribution is -0.137. The summed E-state index contributed by atoms with van der Waals surface area (Å²) in [6.07, 6.45) is 1.30. The number of urea groups is 1. The van der Waals surface area contributed by atoms with Crippen molar-refractivity contribution < 1.29 is 18.4 Å². The van der Waals surface area contributed by atoms with E-state index < -0.39 is 28.9 Å². The summed E-state index contributed by atoms with van der Waals surface area (Å²) >= 11 is 0. The molecular formula is C25H32F2N8O3. The van der Waals surface area contributed by atoms with Crippen LogP contribution in [0.3, 0.4) is 0 Å². The van der Waals surface area contributed by atoms with Crippen LogP contribution in [0.2, 0.25) is 0 Å². The van der Waals surface area contributed by atoms with E-state index in [0.717, 1.165) is 29.8 Å². The van der Waals surface area contributed by atoms with Gasteiger partial charge in [-0.1, -0.05) is 0 Å². The Balaban J connectivity index is 1.21. The molecule has 1 aliphatic carbocycles. The summed E-state index contributed by atoms with van der Waals surface area (Å²) in [7, 11) is 0. The highest BCUT2D eigenvalue weighted by molar-refractivity contribution is 5.89. The molecule has 0 bridgehead atoms. The van der Waals surface area contributed by atoms with Gasteiger partial charge in [0.05, 0.1) is 11.2 Å². The molecule has 11 nitrogen and oxygen atoms in total. The minimum Gasteiger partial charge on any atom is -0.338 e. The van der Waals surface area contributed by atoms with E-state index in [0.29, 0.717) is 38.0 Å². The van der Waals surface area contributed by atoms with E-state index >= 15 is 0 Å². The first-order valence-electron chi connectivity index (χ1n) is 12.6. The molecule has 38 heavy (non-hydrogen) atoms. The van der Waals surface area contributed by atoms with Crippen LogP contribution in [0.1, 0.15) is 19.4 Å². The number of benzene rings is 1. The Hall–Kier alpha value is -3.42. The van der Waals surface area contributed by atoms with Crippen molar-refractivity contribution >= 4 is 17.8 Å². The van der Waals surface area contributed by atoms with Crippen LogP contribution in [0, 0.1) is 23.5 Å². The van der Waals surface area contributed by atoms with Crippen molar-refractivity contribution in [3.05, 3.63) is 52.1 Å². The van der Waals surface area contributed by atoms with Gasteiger partial charge in [0.25, 0.3) is 0 Å². The third-order valence-corrected chi connectivity index (χ3v) is 7.57. The highest BCUT2D eigenvalue weighted by atomic mass is 19.1. The van der Waals surface area contributed by atoms with Gasteiger partial charge in [0, 0.05) is 63.6 Å². The van der Waals surface area contributed by atoms with Crippen molar-refractivity contribution in [2.75, 3.05) is 44.6 Å². The Kier molecular flexibility index (Phi) is 6.70. The molecule has 2 unspecified atom stereocenters. The molecule has 3 heterocycles. The molecule has 2 saturated heterocycles. The average Bonchev–Trinajstić information content (AvgIpc) is 3.24. The summed E-state index contributed by atoms with van der Waals surface area (Å²) in [5, 5.41) is 2.56. The minimum atomic E-state index is -0.993. The summed E-state index contributed by atoms with van der Waals surface area (Å²) in [4.78, 5) is 46.5. The normalized spacial score (nSPS) is 23.4. The quantitative estimate of drug-likeness (QED) is 0.505. The predicted octanol–water partition coefficient (Wildman–Crippen LogP) is 0.313. The number of nitrogens with two attached hydrogens (primary N) is 2. The van der Waals surface area contributed by atoms with Gasteiger partial charge in [-0.2, -0.15) is 4.98 Å². The van der Waals surface area contributed by atoms with Gasteiger partial charge in [-0.25, -0.2) is 18.4 Å². The van der Waals surface area contributed by atoms with E-state index in [1.54, 1.807) is 18.7 Å². The highest BCUT2D eigenvalue weighted by Crippen LogP contribution is 2.44. The second-order valence-corrected chi connectivity index (χ2v) is 10.9. The summed E-state index contributed by atoms with van der Waals surface area (Å²) in [5.74, 6) is -0.875. The molecule has 3 fully saturated rings. The van der Waals surface area contributed by atoms with Gasteiger partial charge in [-0.15, -0.1) is 0 Å². The maximum Gasteiger partial charge on any atom is 0.354 e. The molecule has 3 atom stereocenters. The van der Waals surface area contributed by atoms with Crippen molar-refractivity contribution in [2.45, 2.75) is 32.0 Å². The second kappa shape index (κ2) is 9.71. The van der Waals surface area contributed by atoms with Crippen LogP contribution in [-0.4, -0.2) is 87.0 Å². The van der Waals surface area contributed by atoms with Crippen LogP contribution in [0.25, 0.3) is 5.69 Å². The Morgan fingerprint density at radius 2 is 1.66 bits per heavy atom. The number of anilines is 1. The molecule has 13 heteroatoms. The van der Waals surface area contributed by atoms with E-state index in [9.17, 15) is 23.2 Å². The van der Waals surface area contributed by atoms with Gasteiger partial charge < -0.3 is 21.3 Å². The maximum atomic E-state index is 14.8. The fourth-order valence-electron chi connectivity index (χ4n) is 5.27. The molecule has 1 saturated carbocycles. The zero-order valence-electron chi connectivity index (χ0n) is 21.4. The Morgan fingerprint density at radius 1 is 1.08 bits per heavy atom. The molecule has 2 aliphatic heterocycles. The van der Waals surface area contributed by atoms with Crippen LogP contribution >= 0.6 is 0 Å². The van der Waals surface area contributed by atoms with E-state index in [2.05, 4.69) is 10.3 Å². The number of piperidine rings is 1. The Labute approximate surface area is 218 Å². The SMILES string of the molecule is CC(C)(N)C(=O)N1CCN(C(=O)Nc2ccn(-c3cc(F)c(CN4CC5C(N)[C@@H]5C4)c(F)c3)c(=O)n2)CC1. The fraction of sp³-hybridized carbons (Fsp3) is 0.520. The second-order valence-electron chi connectivity index (χ2n) is 10.9. The maximum absolute atomic E-state index is 14.8. The largest absolute Gasteiger partial charge is 0.354 e.